The van der Waals surface area contributed by atoms with Crippen LogP contribution in [0.25, 0.3) is 0 Å². The first kappa shape index (κ1) is 12.8. The molecule has 0 spiro atoms. The summed E-state index contributed by atoms with van der Waals surface area (Å²) in [7, 11) is 0. The molecule has 1 unspecified atom stereocenters. The minimum absolute atomic E-state index is 0.503. The zero-order valence-corrected chi connectivity index (χ0v) is 11.3. The van der Waals surface area contributed by atoms with E-state index in [0.29, 0.717) is 6.04 Å². The van der Waals surface area contributed by atoms with E-state index in [1.54, 1.807) is 0 Å². The van der Waals surface area contributed by atoms with Gasteiger partial charge in [0.25, 0.3) is 0 Å². The van der Waals surface area contributed by atoms with Crippen LogP contribution in [0.1, 0.15) is 31.4 Å². The summed E-state index contributed by atoms with van der Waals surface area (Å²) < 4.78 is 5.60. The van der Waals surface area contributed by atoms with Crippen molar-refractivity contribution >= 4 is 11.8 Å². The number of hydrogen-bond acceptors (Lipinski definition) is 3. The third kappa shape index (κ3) is 3.93. The average Bonchev–Trinajstić information content (AvgIpc) is 2.66. The summed E-state index contributed by atoms with van der Waals surface area (Å²) in [4.78, 5) is 0. The molecule has 0 aromatic heterocycles. The van der Waals surface area contributed by atoms with Gasteiger partial charge in [-0.05, 0) is 42.8 Å². The molecule has 0 saturated carbocycles. The molecule has 1 aromatic carbocycles. The van der Waals surface area contributed by atoms with Gasteiger partial charge in [-0.3, -0.25) is 0 Å². The lowest BCUT2D eigenvalue weighted by Crippen LogP contribution is -2.22. The molecule has 2 nitrogen and oxygen atoms in total. The van der Waals surface area contributed by atoms with Crippen molar-refractivity contribution in [2.24, 2.45) is 0 Å². The van der Waals surface area contributed by atoms with Gasteiger partial charge in [0.2, 0.25) is 0 Å². The van der Waals surface area contributed by atoms with Crippen LogP contribution in [0.4, 0.5) is 0 Å². The van der Waals surface area contributed by atoms with Crippen molar-refractivity contribution in [2.75, 3.05) is 24.7 Å². The molecule has 0 radical (unpaired) electrons. The van der Waals surface area contributed by atoms with Gasteiger partial charge in [0.05, 0.1) is 6.61 Å². The Kier molecular flexibility index (Phi) is 5.20. The quantitative estimate of drug-likeness (QED) is 0.887. The molecule has 1 N–H and O–H groups in total. The molecule has 1 aliphatic rings. The van der Waals surface area contributed by atoms with E-state index < -0.39 is 0 Å². The highest BCUT2D eigenvalue weighted by Crippen LogP contribution is 2.23. The van der Waals surface area contributed by atoms with E-state index in [1.807, 2.05) is 11.8 Å². The van der Waals surface area contributed by atoms with E-state index in [0.717, 1.165) is 25.3 Å². The first-order valence-electron chi connectivity index (χ1n) is 6.44. The molecular formula is C14H21NOS. The fourth-order valence-electron chi connectivity index (χ4n) is 1.94. The van der Waals surface area contributed by atoms with Crippen molar-refractivity contribution in [3.63, 3.8) is 0 Å². The summed E-state index contributed by atoms with van der Waals surface area (Å²) in [6.45, 7) is 4.06. The van der Waals surface area contributed by atoms with E-state index >= 15 is 0 Å². The van der Waals surface area contributed by atoms with Gasteiger partial charge in [0.15, 0.2) is 0 Å². The standard InChI is InChI=1S/C14H21NOS/c1-2-9-16-13-6-4-12(5-7-13)14-11-17-10-3-8-15-14/h4-7,14-15H,2-3,8-11H2,1H3. The van der Waals surface area contributed by atoms with Crippen LogP contribution in [0.15, 0.2) is 24.3 Å². The Morgan fingerprint density at radius 1 is 1.35 bits per heavy atom. The van der Waals surface area contributed by atoms with Crippen LogP contribution >= 0.6 is 11.8 Å². The van der Waals surface area contributed by atoms with Crippen LogP contribution in [0.2, 0.25) is 0 Å². The van der Waals surface area contributed by atoms with E-state index in [1.165, 1.54) is 23.5 Å². The van der Waals surface area contributed by atoms with Crippen LogP contribution in [0, 0.1) is 0 Å². The molecule has 1 heterocycles. The Morgan fingerprint density at radius 3 is 2.94 bits per heavy atom. The summed E-state index contributed by atoms with van der Waals surface area (Å²) in [6, 6.07) is 9.05. The largest absolute Gasteiger partial charge is 0.494 e. The van der Waals surface area contributed by atoms with E-state index in [4.69, 9.17) is 4.74 Å². The third-order valence-electron chi connectivity index (χ3n) is 2.90. The van der Waals surface area contributed by atoms with Crippen LogP contribution in [0.5, 0.6) is 5.75 Å². The Morgan fingerprint density at radius 2 is 2.18 bits per heavy atom. The van der Waals surface area contributed by atoms with E-state index in [9.17, 15) is 0 Å². The highest BCUT2D eigenvalue weighted by Gasteiger charge is 2.13. The van der Waals surface area contributed by atoms with Gasteiger partial charge in [0.1, 0.15) is 5.75 Å². The predicted molar refractivity (Wildman–Crippen MR) is 74.9 cm³/mol. The Balaban J connectivity index is 1.96. The predicted octanol–water partition coefficient (Wildman–Crippen LogP) is 3.24. The zero-order valence-electron chi connectivity index (χ0n) is 10.4. The molecule has 1 saturated heterocycles. The molecule has 0 aliphatic carbocycles. The van der Waals surface area contributed by atoms with Crippen molar-refractivity contribution in [1.82, 2.24) is 5.32 Å². The number of thioether (sulfide) groups is 1. The lowest BCUT2D eigenvalue weighted by Gasteiger charge is -2.16. The number of hydrogen-bond donors (Lipinski definition) is 1. The van der Waals surface area contributed by atoms with Gasteiger partial charge in [-0.15, -0.1) is 0 Å². The molecule has 2 rings (SSSR count). The number of benzene rings is 1. The minimum Gasteiger partial charge on any atom is -0.494 e. The highest BCUT2D eigenvalue weighted by atomic mass is 32.2. The lowest BCUT2D eigenvalue weighted by molar-refractivity contribution is 0.317. The molecule has 17 heavy (non-hydrogen) atoms. The maximum atomic E-state index is 5.60. The van der Waals surface area contributed by atoms with Crippen LogP contribution in [-0.2, 0) is 0 Å². The monoisotopic (exact) mass is 251 g/mol. The molecule has 1 aromatic rings. The van der Waals surface area contributed by atoms with E-state index in [-0.39, 0.29) is 0 Å². The van der Waals surface area contributed by atoms with Gasteiger partial charge in [-0.2, -0.15) is 11.8 Å². The van der Waals surface area contributed by atoms with Gasteiger partial charge in [-0.1, -0.05) is 19.1 Å². The molecule has 94 valence electrons. The smallest absolute Gasteiger partial charge is 0.119 e. The molecule has 0 bridgehead atoms. The lowest BCUT2D eigenvalue weighted by atomic mass is 10.1. The van der Waals surface area contributed by atoms with E-state index in [2.05, 4.69) is 36.5 Å². The van der Waals surface area contributed by atoms with Crippen molar-refractivity contribution < 1.29 is 4.74 Å². The van der Waals surface area contributed by atoms with Gasteiger partial charge in [-0.25, -0.2) is 0 Å². The van der Waals surface area contributed by atoms with Gasteiger partial charge in [0, 0.05) is 11.8 Å². The number of rotatable bonds is 4. The minimum atomic E-state index is 0.503. The SMILES string of the molecule is CCCOc1ccc(C2CSCCCN2)cc1. The summed E-state index contributed by atoms with van der Waals surface area (Å²) >= 11 is 2.04. The molecular weight excluding hydrogens is 230 g/mol. The second-order valence-electron chi connectivity index (χ2n) is 4.35. The van der Waals surface area contributed by atoms with Crippen LogP contribution in [-0.4, -0.2) is 24.7 Å². The van der Waals surface area contributed by atoms with Crippen molar-refractivity contribution in [1.29, 1.82) is 0 Å². The zero-order chi connectivity index (χ0) is 11.9. The Bertz CT molecular complexity index is 317. The fourth-order valence-corrected chi connectivity index (χ4v) is 3.00. The highest BCUT2D eigenvalue weighted by molar-refractivity contribution is 7.99. The first-order valence-corrected chi connectivity index (χ1v) is 7.59. The molecule has 3 heteroatoms. The molecule has 0 amide bonds. The summed E-state index contributed by atoms with van der Waals surface area (Å²) in [5.41, 5.74) is 1.38. The van der Waals surface area contributed by atoms with Crippen molar-refractivity contribution in [3.05, 3.63) is 29.8 Å². The first-order chi connectivity index (χ1) is 8.40. The molecule has 1 fully saturated rings. The average molecular weight is 251 g/mol. The normalized spacial score (nSPS) is 20.9. The second kappa shape index (κ2) is 6.92. The van der Waals surface area contributed by atoms with Crippen molar-refractivity contribution in [2.45, 2.75) is 25.8 Å². The second-order valence-corrected chi connectivity index (χ2v) is 5.50. The van der Waals surface area contributed by atoms with Crippen LogP contribution in [0.3, 0.4) is 0 Å². The van der Waals surface area contributed by atoms with Crippen LogP contribution < -0.4 is 10.1 Å². The Labute approximate surface area is 108 Å². The van der Waals surface area contributed by atoms with Gasteiger partial charge < -0.3 is 10.1 Å². The van der Waals surface area contributed by atoms with Crippen molar-refractivity contribution in [3.8, 4) is 5.75 Å². The topological polar surface area (TPSA) is 21.3 Å². The molecule has 1 aliphatic heterocycles. The maximum Gasteiger partial charge on any atom is 0.119 e. The third-order valence-corrected chi connectivity index (χ3v) is 4.04. The maximum absolute atomic E-state index is 5.60. The summed E-state index contributed by atoms with van der Waals surface area (Å²) in [5.74, 6) is 3.44. The molecule has 1 atom stereocenters. The number of ether oxygens (including phenoxy) is 1. The Hall–Kier alpha value is -0.670. The summed E-state index contributed by atoms with van der Waals surface area (Å²) in [5, 5.41) is 3.60. The summed E-state index contributed by atoms with van der Waals surface area (Å²) in [6.07, 6.45) is 2.33. The van der Waals surface area contributed by atoms with Gasteiger partial charge >= 0.3 is 0 Å². The fraction of sp³-hybridized carbons (Fsp3) is 0.571. The number of nitrogens with one attached hydrogen (secondary N) is 1.